The summed E-state index contributed by atoms with van der Waals surface area (Å²) >= 11 is 0. The predicted molar refractivity (Wildman–Crippen MR) is 85.2 cm³/mol. The fourth-order valence-electron chi connectivity index (χ4n) is 4.13. The second kappa shape index (κ2) is 6.78. The van der Waals surface area contributed by atoms with Crippen LogP contribution in [0, 0.1) is 23.6 Å². The zero-order valence-electron chi connectivity index (χ0n) is 13.7. The fourth-order valence-corrected chi connectivity index (χ4v) is 4.13. The Balaban J connectivity index is 1.42. The third-order valence-corrected chi connectivity index (χ3v) is 5.35. The van der Waals surface area contributed by atoms with Crippen molar-refractivity contribution in [1.29, 1.82) is 0 Å². The molecule has 5 nitrogen and oxygen atoms in total. The normalized spacial score (nSPS) is 30.5. The highest BCUT2D eigenvalue weighted by Crippen LogP contribution is 2.36. The van der Waals surface area contributed by atoms with E-state index in [-0.39, 0.29) is 17.6 Å². The molecule has 3 aliphatic rings. The van der Waals surface area contributed by atoms with Crippen LogP contribution < -0.4 is 0 Å². The molecule has 1 aromatic rings. The van der Waals surface area contributed by atoms with Crippen LogP contribution in [-0.4, -0.2) is 55.3 Å². The number of hydrogen-bond acceptors (Lipinski definition) is 4. The van der Waals surface area contributed by atoms with Gasteiger partial charge in [0.1, 0.15) is 5.82 Å². The number of carbonyl (C=O) groups is 1. The van der Waals surface area contributed by atoms with Gasteiger partial charge in [-0.15, -0.1) is 0 Å². The molecular formula is C18H23FN2O3. The van der Waals surface area contributed by atoms with E-state index in [1.54, 1.807) is 0 Å². The zero-order chi connectivity index (χ0) is 16.5. The van der Waals surface area contributed by atoms with E-state index >= 15 is 0 Å². The topological polar surface area (TPSA) is 42.0 Å². The maximum atomic E-state index is 13.0. The van der Waals surface area contributed by atoms with Crippen LogP contribution >= 0.6 is 0 Å². The summed E-state index contributed by atoms with van der Waals surface area (Å²) in [4.78, 5) is 20.5. The van der Waals surface area contributed by atoms with Crippen LogP contribution in [-0.2, 0) is 20.9 Å². The first-order chi connectivity index (χ1) is 11.7. The Kier molecular flexibility index (Phi) is 4.52. The van der Waals surface area contributed by atoms with Gasteiger partial charge < -0.3 is 4.74 Å². The van der Waals surface area contributed by atoms with Crippen molar-refractivity contribution in [3.8, 4) is 0 Å². The molecule has 0 saturated carbocycles. The molecule has 0 bridgehead atoms. The molecule has 0 spiro atoms. The van der Waals surface area contributed by atoms with Gasteiger partial charge in [0.05, 0.1) is 32.3 Å². The van der Waals surface area contributed by atoms with Gasteiger partial charge in [0.15, 0.2) is 0 Å². The summed E-state index contributed by atoms with van der Waals surface area (Å²) in [6, 6.07) is 6.65. The number of amides is 1. The second-order valence-corrected chi connectivity index (χ2v) is 7.02. The molecule has 3 fully saturated rings. The van der Waals surface area contributed by atoms with E-state index in [2.05, 4.69) is 4.90 Å². The summed E-state index contributed by atoms with van der Waals surface area (Å²) in [6.07, 6.45) is 0.907. The first kappa shape index (κ1) is 16.0. The minimum absolute atomic E-state index is 0.0748. The average Bonchev–Trinajstić information content (AvgIpc) is 3.25. The minimum atomic E-state index is -0.210. The Morgan fingerprint density at radius 2 is 2.04 bits per heavy atom. The molecule has 4 rings (SSSR count). The lowest BCUT2D eigenvalue weighted by atomic mass is 9.82. The smallest absolute Gasteiger partial charge is 0.251 e. The van der Waals surface area contributed by atoms with Crippen molar-refractivity contribution in [1.82, 2.24) is 9.96 Å². The van der Waals surface area contributed by atoms with Crippen LogP contribution in [0.2, 0.25) is 0 Å². The van der Waals surface area contributed by atoms with E-state index in [9.17, 15) is 9.18 Å². The molecule has 1 amide bonds. The van der Waals surface area contributed by atoms with Crippen molar-refractivity contribution in [3.05, 3.63) is 35.6 Å². The lowest BCUT2D eigenvalue weighted by Gasteiger charge is -2.33. The lowest BCUT2D eigenvalue weighted by Crippen LogP contribution is -2.45. The summed E-state index contributed by atoms with van der Waals surface area (Å²) < 4.78 is 18.8. The molecule has 0 radical (unpaired) electrons. The average molecular weight is 334 g/mol. The number of rotatable bonds is 3. The standard InChI is InChI=1S/C18H23FN2O3/c19-15-4-2-13(3-5-15)8-20-9-14-11-23-12-17(16(14)10-20)18(22)21-6-1-7-24-21/h2-5,14,16-17H,1,6-12H2/t14-,16-,17+/m1/s1. The quantitative estimate of drug-likeness (QED) is 0.844. The highest BCUT2D eigenvalue weighted by Gasteiger charge is 2.45. The molecule has 130 valence electrons. The Morgan fingerprint density at radius 1 is 1.21 bits per heavy atom. The van der Waals surface area contributed by atoms with Crippen LogP contribution in [0.4, 0.5) is 4.39 Å². The Bertz CT molecular complexity index is 588. The number of benzene rings is 1. The third-order valence-electron chi connectivity index (χ3n) is 5.35. The molecule has 0 aliphatic carbocycles. The third kappa shape index (κ3) is 3.18. The minimum Gasteiger partial charge on any atom is -0.380 e. The van der Waals surface area contributed by atoms with Gasteiger partial charge in [-0.1, -0.05) is 12.1 Å². The highest BCUT2D eigenvalue weighted by molar-refractivity contribution is 5.78. The van der Waals surface area contributed by atoms with E-state index in [1.165, 1.54) is 17.2 Å². The molecule has 1 aromatic carbocycles. The van der Waals surface area contributed by atoms with Crippen molar-refractivity contribution < 1.29 is 18.8 Å². The van der Waals surface area contributed by atoms with Crippen LogP contribution in [0.1, 0.15) is 12.0 Å². The van der Waals surface area contributed by atoms with Crippen molar-refractivity contribution >= 4 is 5.91 Å². The molecule has 0 aromatic heterocycles. The Labute approximate surface area is 141 Å². The molecule has 3 saturated heterocycles. The first-order valence-corrected chi connectivity index (χ1v) is 8.69. The summed E-state index contributed by atoms with van der Waals surface area (Å²) in [7, 11) is 0. The molecule has 24 heavy (non-hydrogen) atoms. The SMILES string of the molecule is O=C([C@H]1COC[C@H]2CN(Cc3ccc(F)cc3)C[C@H]21)N1CCCO1. The largest absolute Gasteiger partial charge is 0.380 e. The van der Waals surface area contributed by atoms with Crippen LogP contribution in [0.5, 0.6) is 0 Å². The number of hydroxylamine groups is 2. The van der Waals surface area contributed by atoms with Gasteiger partial charge in [-0.2, -0.15) is 0 Å². The summed E-state index contributed by atoms with van der Waals surface area (Å²) in [6.45, 7) is 5.12. The lowest BCUT2D eigenvalue weighted by molar-refractivity contribution is -0.181. The molecule has 0 N–H and O–H groups in total. The number of halogens is 1. The van der Waals surface area contributed by atoms with Crippen LogP contribution in [0.3, 0.4) is 0 Å². The second-order valence-electron chi connectivity index (χ2n) is 7.02. The number of fused-ring (bicyclic) bond motifs is 1. The van der Waals surface area contributed by atoms with Crippen molar-refractivity contribution in [2.75, 3.05) is 39.5 Å². The molecule has 3 atom stereocenters. The van der Waals surface area contributed by atoms with Gasteiger partial charge in [0.2, 0.25) is 0 Å². The van der Waals surface area contributed by atoms with Crippen LogP contribution in [0.15, 0.2) is 24.3 Å². The first-order valence-electron chi connectivity index (χ1n) is 8.69. The van der Waals surface area contributed by atoms with Crippen LogP contribution in [0.25, 0.3) is 0 Å². The van der Waals surface area contributed by atoms with Crippen molar-refractivity contribution in [2.24, 2.45) is 17.8 Å². The predicted octanol–water partition coefficient (Wildman–Crippen LogP) is 1.68. The Morgan fingerprint density at radius 3 is 2.79 bits per heavy atom. The summed E-state index contributed by atoms with van der Waals surface area (Å²) in [5.41, 5.74) is 1.10. The van der Waals surface area contributed by atoms with Gasteiger partial charge in [0, 0.05) is 19.6 Å². The van der Waals surface area contributed by atoms with E-state index in [0.717, 1.165) is 38.2 Å². The molecular weight excluding hydrogens is 311 g/mol. The van der Waals surface area contributed by atoms with E-state index in [1.807, 2.05) is 12.1 Å². The van der Waals surface area contributed by atoms with Crippen molar-refractivity contribution in [3.63, 3.8) is 0 Å². The fraction of sp³-hybridized carbons (Fsp3) is 0.611. The highest BCUT2D eigenvalue weighted by atomic mass is 19.1. The van der Waals surface area contributed by atoms with E-state index in [4.69, 9.17) is 9.57 Å². The van der Waals surface area contributed by atoms with Gasteiger partial charge in [-0.3, -0.25) is 14.5 Å². The zero-order valence-corrected chi connectivity index (χ0v) is 13.7. The van der Waals surface area contributed by atoms with E-state index in [0.29, 0.717) is 31.6 Å². The maximum Gasteiger partial charge on any atom is 0.251 e. The van der Waals surface area contributed by atoms with E-state index < -0.39 is 0 Å². The molecule has 3 heterocycles. The monoisotopic (exact) mass is 334 g/mol. The Hall–Kier alpha value is -1.50. The van der Waals surface area contributed by atoms with Crippen molar-refractivity contribution in [2.45, 2.75) is 13.0 Å². The number of carbonyl (C=O) groups excluding carboxylic acids is 1. The summed E-state index contributed by atoms with van der Waals surface area (Å²) in [5, 5.41) is 1.53. The molecule has 6 heteroatoms. The van der Waals surface area contributed by atoms with Gasteiger partial charge >= 0.3 is 0 Å². The van der Waals surface area contributed by atoms with Gasteiger partial charge in [0.25, 0.3) is 5.91 Å². The molecule has 3 aliphatic heterocycles. The number of likely N-dealkylation sites (tertiary alicyclic amines) is 1. The van der Waals surface area contributed by atoms with Gasteiger partial charge in [-0.05, 0) is 36.0 Å². The maximum absolute atomic E-state index is 13.0. The molecule has 0 unspecified atom stereocenters. The number of ether oxygens (including phenoxy) is 1. The number of hydrogen-bond donors (Lipinski definition) is 0. The van der Waals surface area contributed by atoms with Gasteiger partial charge in [-0.25, -0.2) is 9.45 Å². The number of nitrogens with zero attached hydrogens (tertiary/aromatic N) is 2. The summed E-state index contributed by atoms with van der Waals surface area (Å²) in [5.74, 6) is 0.455.